The predicted molar refractivity (Wildman–Crippen MR) is 101 cm³/mol. The fourth-order valence-corrected chi connectivity index (χ4v) is 2.77. The molecule has 0 saturated carbocycles. The van der Waals surface area contributed by atoms with E-state index in [1.807, 2.05) is 6.92 Å². The van der Waals surface area contributed by atoms with Crippen molar-refractivity contribution in [1.29, 1.82) is 0 Å². The van der Waals surface area contributed by atoms with E-state index in [-0.39, 0.29) is 29.4 Å². The molecule has 0 spiro atoms. The van der Waals surface area contributed by atoms with Gasteiger partial charge in [0.2, 0.25) is 17.6 Å². The maximum absolute atomic E-state index is 11.4. The first-order valence-electron chi connectivity index (χ1n) is 8.74. The van der Waals surface area contributed by atoms with E-state index in [0.29, 0.717) is 24.6 Å². The van der Waals surface area contributed by atoms with Crippen LogP contribution >= 0.6 is 0 Å². The van der Waals surface area contributed by atoms with Crippen LogP contribution in [0.4, 0.5) is 29.0 Å². The molecular weight excluding hydrogens is 352 g/mol. The van der Waals surface area contributed by atoms with Crippen molar-refractivity contribution < 1.29 is 14.4 Å². The molecule has 1 fully saturated rings. The highest BCUT2D eigenvalue weighted by molar-refractivity contribution is 5.74. The van der Waals surface area contributed by atoms with Crippen LogP contribution in [0.1, 0.15) is 19.8 Å². The Morgan fingerprint density at radius 3 is 2.78 bits per heavy atom. The molecule has 10 heteroatoms. The minimum Gasteiger partial charge on any atom is -0.494 e. The Kier molecular flexibility index (Phi) is 5.87. The zero-order chi connectivity index (χ0) is 19.2. The van der Waals surface area contributed by atoms with Crippen molar-refractivity contribution in [2.24, 2.45) is 0 Å². The molecule has 0 amide bonds. The van der Waals surface area contributed by atoms with Crippen molar-refractivity contribution in [2.45, 2.75) is 25.9 Å². The third kappa shape index (κ3) is 4.73. The molecule has 144 valence electrons. The Labute approximate surface area is 156 Å². The second-order valence-corrected chi connectivity index (χ2v) is 5.99. The summed E-state index contributed by atoms with van der Waals surface area (Å²) in [7, 11) is 0. The Bertz CT molecular complexity index is 793. The summed E-state index contributed by atoms with van der Waals surface area (Å²) in [6.45, 7) is 3.70. The lowest BCUT2D eigenvalue weighted by Gasteiger charge is -2.13. The summed E-state index contributed by atoms with van der Waals surface area (Å²) in [5.41, 5.74) is 6.05. The first-order valence-corrected chi connectivity index (χ1v) is 8.74. The second-order valence-electron chi connectivity index (χ2n) is 5.99. The van der Waals surface area contributed by atoms with E-state index in [0.717, 1.165) is 19.4 Å². The van der Waals surface area contributed by atoms with Gasteiger partial charge in [-0.25, -0.2) is 0 Å². The largest absolute Gasteiger partial charge is 0.494 e. The molecule has 1 saturated heterocycles. The van der Waals surface area contributed by atoms with Gasteiger partial charge in [-0.05, 0) is 44.0 Å². The van der Waals surface area contributed by atoms with Gasteiger partial charge in [-0.15, -0.1) is 0 Å². The minimum absolute atomic E-state index is 0.0199. The van der Waals surface area contributed by atoms with Gasteiger partial charge in [0, 0.05) is 18.8 Å². The molecule has 1 aliphatic rings. The van der Waals surface area contributed by atoms with E-state index in [2.05, 4.69) is 20.6 Å². The van der Waals surface area contributed by atoms with Crippen LogP contribution in [0.3, 0.4) is 0 Å². The quantitative estimate of drug-likeness (QED) is 0.470. The number of nitrogens with two attached hydrogens (primary N) is 1. The van der Waals surface area contributed by atoms with Crippen molar-refractivity contribution in [1.82, 2.24) is 9.97 Å². The lowest BCUT2D eigenvalue weighted by Crippen LogP contribution is -2.20. The standard InChI is InChI=1S/C17H22N6O4/c1-2-26-12-7-5-11(6-8-12)20-16-14(23(24)25)15(18)21-17(22-16)19-10-13-4-3-9-27-13/h5-8,13H,2-4,9-10H2,1H3,(H4,18,19,20,21,22)/t13-/m1/s1. The topological polar surface area (TPSA) is 137 Å². The van der Waals surface area contributed by atoms with Gasteiger partial charge in [0.1, 0.15) is 5.75 Å². The Balaban J connectivity index is 1.80. The highest BCUT2D eigenvalue weighted by atomic mass is 16.6. The Hall–Kier alpha value is -3.14. The van der Waals surface area contributed by atoms with Gasteiger partial charge in [-0.3, -0.25) is 10.1 Å². The van der Waals surface area contributed by atoms with Crippen LogP contribution in [0, 0.1) is 10.1 Å². The van der Waals surface area contributed by atoms with Crippen molar-refractivity contribution >= 4 is 29.0 Å². The molecule has 4 N–H and O–H groups in total. The monoisotopic (exact) mass is 374 g/mol. The summed E-state index contributed by atoms with van der Waals surface area (Å²) in [6, 6.07) is 7.01. The number of rotatable bonds is 8. The normalized spacial score (nSPS) is 16.1. The summed E-state index contributed by atoms with van der Waals surface area (Å²) in [5, 5.41) is 17.4. The number of nitrogens with one attached hydrogen (secondary N) is 2. The molecule has 0 aliphatic carbocycles. The van der Waals surface area contributed by atoms with Gasteiger partial charge in [0.05, 0.1) is 17.6 Å². The van der Waals surface area contributed by atoms with Crippen molar-refractivity contribution in [2.75, 3.05) is 36.1 Å². The van der Waals surface area contributed by atoms with Crippen molar-refractivity contribution in [3.05, 3.63) is 34.4 Å². The molecule has 2 aromatic rings. The average molecular weight is 374 g/mol. The summed E-state index contributed by atoms with van der Waals surface area (Å²) in [6.07, 6.45) is 2.04. The van der Waals surface area contributed by atoms with Gasteiger partial charge in [-0.2, -0.15) is 9.97 Å². The van der Waals surface area contributed by atoms with Crippen LogP contribution in [-0.4, -0.2) is 40.8 Å². The molecule has 0 bridgehead atoms. The van der Waals surface area contributed by atoms with E-state index in [9.17, 15) is 10.1 Å². The lowest BCUT2D eigenvalue weighted by molar-refractivity contribution is -0.383. The van der Waals surface area contributed by atoms with Crippen LogP contribution in [0.15, 0.2) is 24.3 Å². The number of anilines is 4. The molecule has 2 heterocycles. The van der Waals surface area contributed by atoms with Crippen LogP contribution in [0.5, 0.6) is 5.75 Å². The molecule has 0 unspecified atom stereocenters. The number of hydrogen-bond acceptors (Lipinski definition) is 9. The Morgan fingerprint density at radius 1 is 1.37 bits per heavy atom. The van der Waals surface area contributed by atoms with E-state index < -0.39 is 4.92 Å². The van der Waals surface area contributed by atoms with Crippen LogP contribution < -0.4 is 21.1 Å². The number of hydrogen-bond donors (Lipinski definition) is 3. The maximum atomic E-state index is 11.4. The fourth-order valence-electron chi connectivity index (χ4n) is 2.77. The summed E-state index contributed by atoms with van der Waals surface area (Å²) in [5.74, 6) is 0.727. The molecule has 10 nitrogen and oxygen atoms in total. The number of ether oxygens (including phenoxy) is 2. The number of nitrogens with zero attached hydrogens (tertiary/aromatic N) is 3. The molecule has 1 aromatic carbocycles. The number of aromatic nitrogens is 2. The third-order valence-corrected chi connectivity index (χ3v) is 4.03. The van der Waals surface area contributed by atoms with Crippen LogP contribution in [0.25, 0.3) is 0 Å². The maximum Gasteiger partial charge on any atom is 0.353 e. The number of nitrogen functional groups attached to an aromatic ring is 1. The SMILES string of the molecule is CCOc1ccc(Nc2nc(NC[C@H]3CCCO3)nc(N)c2[N+](=O)[O-])cc1. The molecule has 1 aliphatic heterocycles. The first-order chi connectivity index (χ1) is 13.1. The van der Waals surface area contributed by atoms with Crippen LogP contribution in [0.2, 0.25) is 0 Å². The highest BCUT2D eigenvalue weighted by Gasteiger charge is 2.24. The smallest absolute Gasteiger partial charge is 0.353 e. The molecular formula is C17H22N6O4. The number of nitro groups is 1. The lowest BCUT2D eigenvalue weighted by atomic mass is 10.2. The van der Waals surface area contributed by atoms with E-state index in [1.54, 1.807) is 24.3 Å². The second kappa shape index (κ2) is 8.49. The summed E-state index contributed by atoms with van der Waals surface area (Å²) < 4.78 is 10.9. The van der Waals surface area contributed by atoms with Crippen LogP contribution in [-0.2, 0) is 4.74 Å². The van der Waals surface area contributed by atoms with Crippen molar-refractivity contribution in [3.63, 3.8) is 0 Å². The average Bonchev–Trinajstić information content (AvgIpc) is 3.15. The molecule has 27 heavy (non-hydrogen) atoms. The van der Waals surface area contributed by atoms with E-state index in [1.165, 1.54) is 0 Å². The zero-order valence-corrected chi connectivity index (χ0v) is 15.0. The van der Waals surface area contributed by atoms with Gasteiger partial charge < -0.3 is 25.8 Å². The molecule has 3 rings (SSSR count). The highest BCUT2D eigenvalue weighted by Crippen LogP contribution is 2.32. The Morgan fingerprint density at radius 2 is 2.15 bits per heavy atom. The molecule has 1 aromatic heterocycles. The zero-order valence-electron chi connectivity index (χ0n) is 15.0. The minimum atomic E-state index is -0.601. The van der Waals surface area contributed by atoms with Gasteiger partial charge >= 0.3 is 5.69 Å². The van der Waals surface area contributed by atoms with E-state index in [4.69, 9.17) is 15.2 Å². The molecule has 1 atom stereocenters. The van der Waals surface area contributed by atoms with Gasteiger partial charge in [0.15, 0.2) is 0 Å². The van der Waals surface area contributed by atoms with Crippen molar-refractivity contribution in [3.8, 4) is 5.75 Å². The third-order valence-electron chi connectivity index (χ3n) is 4.03. The summed E-state index contributed by atoms with van der Waals surface area (Å²) in [4.78, 5) is 19.0. The predicted octanol–water partition coefficient (Wildman–Crippen LogP) is 2.70. The first kappa shape index (κ1) is 18.6. The van der Waals surface area contributed by atoms with Gasteiger partial charge in [0.25, 0.3) is 0 Å². The fraction of sp³-hybridized carbons (Fsp3) is 0.412. The number of benzene rings is 1. The van der Waals surface area contributed by atoms with Gasteiger partial charge in [-0.1, -0.05) is 0 Å². The molecule has 0 radical (unpaired) electrons. The summed E-state index contributed by atoms with van der Waals surface area (Å²) >= 11 is 0. The van der Waals surface area contributed by atoms with E-state index >= 15 is 0 Å².